The van der Waals surface area contributed by atoms with Crippen molar-refractivity contribution in [2.45, 2.75) is 20.2 Å². The summed E-state index contributed by atoms with van der Waals surface area (Å²) in [5.74, 6) is -11.2. The first-order chi connectivity index (χ1) is 12.1. The maximum absolute atomic E-state index is 14.1. The lowest BCUT2D eigenvalue weighted by molar-refractivity contribution is -0.948. The first-order valence-electron chi connectivity index (χ1n) is 8.38. The molecule has 1 atom stereocenters. The second kappa shape index (κ2) is 8.06. The van der Waals surface area contributed by atoms with Crippen molar-refractivity contribution < 1.29 is 35.9 Å². The van der Waals surface area contributed by atoms with Gasteiger partial charge in [0.05, 0.1) is 33.9 Å². The largest absolute Gasteiger partial charge is 0.423 e. The van der Waals surface area contributed by atoms with Crippen molar-refractivity contribution in [2.75, 3.05) is 46.9 Å². The molecule has 0 aromatic heterocycles. The number of hydrogen-bond donors (Lipinski definition) is 0. The van der Waals surface area contributed by atoms with Crippen molar-refractivity contribution in [2.24, 2.45) is 5.92 Å². The minimum atomic E-state index is -2.20. The smallest absolute Gasteiger partial charge is 0.297 e. The third kappa shape index (κ3) is 4.27. The molecule has 1 heterocycles. The Morgan fingerprint density at radius 2 is 1.38 bits per heavy atom. The van der Waals surface area contributed by atoms with E-state index in [1.165, 1.54) is 0 Å². The molecule has 0 spiro atoms. The molecule has 1 aromatic rings. The Morgan fingerprint density at radius 1 is 0.923 bits per heavy atom. The van der Waals surface area contributed by atoms with Gasteiger partial charge in [0.1, 0.15) is 0 Å². The third-order valence-electron chi connectivity index (χ3n) is 4.18. The van der Waals surface area contributed by atoms with Crippen LogP contribution in [0, 0.1) is 35.0 Å². The molecule has 1 aliphatic rings. The lowest BCUT2D eigenvalue weighted by Crippen LogP contribution is -2.63. The van der Waals surface area contributed by atoms with E-state index in [4.69, 9.17) is 9.47 Å². The maximum Gasteiger partial charge on any atom is 0.297 e. The summed E-state index contributed by atoms with van der Waals surface area (Å²) in [4.78, 5) is 1.78. The van der Waals surface area contributed by atoms with Crippen LogP contribution < -0.4 is 4.74 Å². The first-order valence-corrected chi connectivity index (χ1v) is 8.38. The van der Waals surface area contributed by atoms with E-state index >= 15 is 0 Å². The van der Waals surface area contributed by atoms with Crippen molar-refractivity contribution in [1.29, 1.82) is 0 Å². The Balaban J connectivity index is 2.44. The van der Waals surface area contributed by atoms with Crippen LogP contribution in [-0.2, 0) is 4.74 Å². The molecule has 1 fully saturated rings. The van der Waals surface area contributed by atoms with Crippen molar-refractivity contribution in [3.8, 4) is 5.75 Å². The van der Waals surface area contributed by atoms with Crippen LogP contribution >= 0.6 is 0 Å². The molecule has 0 bridgehead atoms. The predicted molar refractivity (Wildman–Crippen MR) is 84.9 cm³/mol. The minimum absolute atomic E-state index is 0.150. The number of ether oxygens (including phenoxy) is 2. The Labute approximate surface area is 149 Å². The molecule has 9 heteroatoms. The molecule has 0 aliphatic carbocycles. The van der Waals surface area contributed by atoms with Gasteiger partial charge in [-0.05, 0) is 0 Å². The number of nitrogens with zero attached hydrogens (tertiary/aromatic N) is 2. The van der Waals surface area contributed by atoms with Crippen LogP contribution in [0.1, 0.15) is 13.8 Å². The summed E-state index contributed by atoms with van der Waals surface area (Å²) in [5, 5.41) is 0. The summed E-state index contributed by atoms with van der Waals surface area (Å²) >= 11 is 0. The molecule has 0 saturated carbocycles. The Kier molecular flexibility index (Phi) is 6.46. The SMILES string of the molecule is CC(C)C[N+](C)(C)C(Oc1c(F)c(F)c(F)c(F)c1F)N1CCOCC1. The van der Waals surface area contributed by atoms with Crippen LogP contribution in [0.4, 0.5) is 22.0 Å². The van der Waals surface area contributed by atoms with Crippen molar-refractivity contribution in [1.82, 2.24) is 4.90 Å². The summed E-state index contributed by atoms with van der Waals surface area (Å²) in [6, 6.07) is 0. The third-order valence-corrected chi connectivity index (χ3v) is 4.18. The fraction of sp³-hybridized carbons (Fsp3) is 0.647. The average Bonchev–Trinajstić information content (AvgIpc) is 2.58. The minimum Gasteiger partial charge on any atom is -0.423 e. The molecule has 4 nitrogen and oxygen atoms in total. The van der Waals surface area contributed by atoms with E-state index in [-0.39, 0.29) is 10.4 Å². The van der Waals surface area contributed by atoms with Crippen LogP contribution in [0.5, 0.6) is 5.75 Å². The fourth-order valence-corrected chi connectivity index (χ4v) is 3.28. The second-order valence-electron chi connectivity index (χ2n) is 7.35. The Bertz CT molecular complexity index is 620. The van der Waals surface area contributed by atoms with E-state index in [0.717, 1.165) is 0 Å². The zero-order chi connectivity index (χ0) is 19.6. The van der Waals surface area contributed by atoms with Gasteiger partial charge in [0.2, 0.25) is 34.8 Å². The van der Waals surface area contributed by atoms with Gasteiger partial charge >= 0.3 is 0 Å². The molecule has 2 rings (SSSR count). The maximum atomic E-state index is 14.1. The highest BCUT2D eigenvalue weighted by Gasteiger charge is 2.40. The number of morpholine rings is 1. The van der Waals surface area contributed by atoms with Crippen LogP contribution in [0.3, 0.4) is 0 Å². The van der Waals surface area contributed by atoms with E-state index in [0.29, 0.717) is 32.8 Å². The van der Waals surface area contributed by atoms with Crippen molar-refractivity contribution in [3.63, 3.8) is 0 Å². The van der Waals surface area contributed by atoms with E-state index in [9.17, 15) is 22.0 Å². The summed E-state index contributed by atoms with van der Waals surface area (Å²) < 4.78 is 79.4. The molecule has 0 N–H and O–H groups in total. The summed E-state index contributed by atoms with van der Waals surface area (Å²) in [7, 11) is 3.57. The van der Waals surface area contributed by atoms with Crippen LogP contribution in [0.25, 0.3) is 0 Å². The molecular formula is C17H24F5N2O2+. The highest BCUT2D eigenvalue weighted by molar-refractivity contribution is 5.29. The standard InChI is InChI=1S/C17H24F5N2O2/c1-10(2)9-24(3,4)17(23-5-7-25-8-6-23)26-16-14(21)12(19)11(18)13(20)15(16)22/h10,17H,5-9H2,1-4H3/q+1. The normalized spacial score (nSPS) is 17.6. The highest BCUT2D eigenvalue weighted by atomic mass is 19.2. The summed E-state index contributed by atoms with van der Waals surface area (Å²) in [6.07, 6.45) is -0.936. The number of benzene rings is 1. The molecule has 1 aliphatic heterocycles. The molecule has 1 unspecified atom stereocenters. The molecule has 26 heavy (non-hydrogen) atoms. The molecular weight excluding hydrogens is 359 g/mol. The number of hydrogen-bond acceptors (Lipinski definition) is 3. The van der Waals surface area contributed by atoms with Gasteiger partial charge in [0.25, 0.3) is 6.35 Å². The topological polar surface area (TPSA) is 21.7 Å². The molecule has 0 amide bonds. The fourth-order valence-electron chi connectivity index (χ4n) is 3.28. The summed E-state index contributed by atoms with van der Waals surface area (Å²) in [6.45, 7) is 6.11. The van der Waals surface area contributed by atoms with Gasteiger partial charge in [0.15, 0.2) is 0 Å². The molecule has 1 aromatic carbocycles. The van der Waals surface area contributed by atoms with E-state index in [1.807, 2.05) is 13.8 Å². The van der Waals surface area contributed by atoms with Crippen LogP contribution in [-0.4, -0.2) is 62.7 Å². The number of halogens is 5. The lowest BCUT2D eigenvalue weighted by atomic mass is 10.2. The van der Waals surface area contributed by atoms with Crippen LogP contribution in [0.2, 0.25) is 0 Å². The Morgan fingerprint density at radius 3 is 1.85 bits per heavy atom. The van der Waals surface area contributed by atoms with Crippen LogP contribution in [0.15, 0.2) is 0 Å². The number of rotatable bonds is 6. The monoisotopic (exact) mass is 383 g/mol. The van der Waals surface area contributed by atoms with Gasteiger partial charge in [0, 0.05) is 19.0 Å². The van der Waals surface area contributed by atoms with Gasteiger partial charge in [-0.15, -0.1) is 0 Å². The average molecular weight is 383 g/mol. The van der Waals surface area contributed by atoms with Crippen molar-refractivity contribution in [3.05, 3.63) is 29.1 Å². The quantitative estimate of drug-likeness (QED) is 0.248. The van der Waals surface area contributed by atoms with Gasteiger partial charge in [-0.25, -0.2) is 18.1 Å². The first kappa shape index (κ1) is 20.9. The zero-order valence-electron chi connectivity index (χ0n) is 15.3. The second-order valence-corrected chi connectivity index (χ2v) is 7.35. The lowest BCUT2D eigenvalue weighted by Gasteiger charge is -2.44. The zero-order valence-corrected chi connectivity index (χ0v) is 15.3. The molecule has 1 saturated heterocycles. The molecule has 148 valence electrons. The van der Waals surface area contributed by atoms with E-state index < -0.39 is 41.2 Å². The summed E-state index contributed by atoms with van der Waals surface area (Å²) in [5.41, 5.74) is 0. The van der Waals surface area contributed by atoms with Crippen molar-refractivity contribution >= 4 is 0 Å². The van der Waals surface area contributed by atoms with Gasteiger partial charge in [-0.3, -0.25) is 4.48 Å². The molecule has 0 radical (unpaired) electrons. The number of quaternary nitrogens is 1. The Hall–Kier alpha value is -1.45. The van der Waals surface area contributed by atoms with E-state index in [1.54, 1.807) is 19.0 Å². The highest BCUT2D eigenvalue weighted by Crippen LogP contribution is 2.31. The van der Waals surface area contributed by atoms with E-state index in [2.05, 4.69) is 0 Å². The predicted octanol–water partition coefficient (Wildman–Crippen LogP) is 3.11. The van der Waals surface area contributed by atoms with Gasteiger partial charge in [-0.1, -0.05) is 13.8 Å². The van der Waals surface area contributed by atoms with Gasteiger partial charge < -0.3 is 9.47 Å². The van der Waals surface area contributed by atoms with Gasteiger partial charge in [-0.2, -0.15) is 8.78 Å².